The van der Waals surface area contributed by atoms with E-state index in [0.29, 0.717) is 0 Å². The molecular formula is C12H16N2O. The Morgan fingerprint density at radius 1 is 1.47 bits per heavy atom. The van der Waals surface area contributed by atoms with Crippen LogP contribution in [0.3, 0.4) is 0 Å². The van der Waals surface area contributed by atoms with Crippen LogP contribution in [0.25, 0.3) is 0 Å². The number of pyridine rings is 1. The molecule has 1 aliphatic rings. The van der Waals surface area contributed by atoms with Crippen LogP contribution >= 0.6 is 0 Å². The SMILES string of the molecule is CC1=CCN(c2cccc(CO)n2)CC1. The minimum Gasteiger partial charge on any atom is -0.390 e. The number of anilines is 1. The molecule has 0 saturated heterocycles. The average Bonchev–Trinajstić information content (AvgIpc) is 2.30. The van der Waals surface area contributed by atoms with Crippen LogP contribution < -0.4 is 4.90 Å². The number of aromatic nitrogens is 1. The standard InChI is InChI=1S/C12H16N2O/c1-10-5-7-14(8-6-10)12-4-2-3-11(9-15)13-12/h2-5,15H,6-9H2,1H3. The summed E-state index contributed by atoms with van der Waals surface area (Å²) in [4.78, 5) is 6.61. The fourth-order valence-electron chi connectivity index (χ4n) is 1.71. The molecule has 0 spiro atoms. The zero-order chi connectivity index (χ0) is 10.7. The van der Waals surface area contributed by atoms with Crippen molar-refractivity contribution in [3.8, 4) is 0 Å². The molecule has 0 fully saturated rings. The highest BCUT2D eigenvalue weighted by Crippen LogP contribution is 2.17. The molecule has 0 amide bonds. The first-order chi connectivity index (χ1) is 7.29. The molecule has 0 unspecified atom stereocenters. The lowest BCUT2D eigenvalue weighted by atomic mass is 10.1. The van der Waals surface area contributed by atoms with E-state index in [4.69, 9.17) is 5.11 Å². The van der Waals surface area contributed by atoms with E-state index in [1.165, 1.54) is 5.57 Å². The fraction of sp³-hybridized carbons (Fsp3) is 0.417. The number of rotatable bonds is 2. The predicted octanol–water partition coefficient (Wildman–Crippen LogP) is 1.73. The molecule has 2 heterocycles. The molecule has 3 nitrogen and oxygen atoms in total. The van der Waals surface area contributed by atoms with Crippen molar-refractivity contribution >= 4 is 5.82 Å². The van der Waals surface area contributed by atoms with E-state index in [2.05, 4.69) is 22.9 Å². The quantitative estimate of drug-likeness (QED) is 0.745. The van der Waals surface area contributed by atoms with E-state index >= 15 is 0 Å². The molecule has 0 bridgehead atoms. The monoisotopic (exact) mass is 204 g/mol. The Hall–Kier alpha value is -1.35. The van der Waals surface area contributed by atoms with Gasteiger partial charge in [-0.25, -0.2) is 4.98 Å². The molecule has 3 heteroatoms. The van der Waals surface area contributed by atoms with E-state index in [1.807, 2.05) is 18.2 Å². The molecule has 0 radical (unpaired) electrons. The van der Waals surface area contributed by atoms with Crippen LogP contribution in [0.2, 0.25) is 0 Å². The molecule has 0 aliphatic carbocycles. The smallest absolute Gasteiger partial charge is 0.129 e. The normalized spacial score (nSPS) is 16.4. The van der Waals surface area contributed by atoms with Crippen LogP contribution in [0.5, 0.6) is 0 Å². The maximum atomic E-state index is 9.01. The van der Waals surface area contributed by atoms with Crippen LogP contribution in [0.15, 0.2) is 29.8 Å². The highest BCUT2D eigenvalue weighted by molar-refractivity contribution is 5.41. The van der Waals surface area contributed by atoms with Crippen LogP contribution in [-0.2, 0) is 6.61 Å². The summed E-state index contributed by atoms with van der Waals surface area (Å²) in [6.45, 7) is 4.11. The van der Waals surface area contributed by atoms with Crippen molar-refractivity contribution in [1.82, 2.24) is 4.98 Å². The molecule has 2 rings (SSSR count). The summed E-state index contributed by atoms with van der Waals surface area (Å²) in [7, 11) is 0. The highest BCUT2D eigenvalue weighted by atomic mass is 16.3. The maximum absolute atomic E-state index is 9.01. The van der Waals surface area contributed by atoms with Crippen molar-refractivity contribution in [1.29, 1.82) is 0 Å². The van der Waals surface area contributed by atoms with Gasteiger partial charge in [-0.05, 0) is 25.5 Å². The lowest BCUT2D eigenvalue weighted by molar-refractivity contribution is 0.277. The lowest BCUT2D eigenvalue weighted by Crippen LogP contribution is -2.29. The summed E-state index contributed by atoms with van der Waals surface area (Å²) in [6, 6.07) is 5.78. The van der Waals surface area contributed by atoms with Gasteiger partial charge in [0.05, 0.1) is 12.3 Å². The number of aliphatic hydroxyl groups excluding tert-OH is 1. The van der Waals surface area contributed by atoms with Gasteiger partial charge >= 0.3 is 0 Å². The van der Waals surface area contributed by atoms with Crippen molar-refractivity contribution in [3.05, 3.63) is 35.5 Å². The van der Waals surface area contributed by atoms with E-state index in [1.54, 1.807) is 0 Å². The largest absolute Gasteiger partial charge is 0.390 e. The summed E-state index contributed by atoms with van der Waals surface area (Å²) in [6.07, 6.45) is 3.34. The van der Waals surface area contributed by atoms with Crippen LogP contribution in [0.1, 0.15) is 19.0 Å². The lowest BCUT2D eigenvalue weighted by Gasteiger charge is -2.26. The molecule has 15 heavy (non-hydrogen) atoms. The first-order valence-corrected chi connectivity index (χ1v) is 5.27. The Kier molecular flexibility index (Phi) is 3.02. The summed E-state index contributed by atoms with van der Waals surface area (Å²) in [5.74, 6) is 0.963. The molecule has 1 aromatic rings. The van der Waals surface area contributed by atoms with Gasteiger partial charge in [0.15, 0.2) is 0 Å². The van der Waals surface area contributed by atoms with Gasteiger partial charge in [0.1, 0.15) is 5.82 Å². The second kappa shape index (κ2) is 4.45. The second-order valence-corrected chi connectivity index (χ2v) is 3.89. The molecule has 0 saturated carbocycles. The Bertz CT molecular complexity index is 374. The fourth-order valence-corrected chi connectivity index (χ4v) is 1.71. The Balaban J connectivity index is 2.16. The van der Waals surface area contributed by atoms with Gasteiger partial charge in [-0.1, -0.05) is 17.7 Å². The number of aliphatic hydroxyl groups is 1. The third-order valence-electron chi connectivity index (χ3n) is 2.71. The minimum atomic E-state index is 0.0105. The summed E-state index contributed by atoms with van der Waals surface area (Å²) in [5, 5.41) is 9.01. The van der Waals surface area contributed by atoms with E-state index in [9.17, 15) is 0 Å². The Labute approximate surface area is 90.1 Å². The molecule has 80 valence electrons. The highest BCUT2D eigenvalue weighted by Gasteiger charge is 2.11. The molecule has 1 aromatic heterocycles. The first-order valence-electron chi connectivity index (χ1n) is 5.27. The average molecular weight is 204 g/mol. The number of nitrogens with zero attached hydrogens (tertiary/aromatic N) is 2. The van der Waals surface area contributed by atoms with Gasteiger partial charge in [0, 0.05) is 13.1 Å². The zero-order valence-corrected chi connectivity index (χ0v) is 8.98. The molecule has 0 aromatic carbocycles. The molecule has 1 aliphatic heterocycles. The number of hydrogen-bond acceptors (Lipinski definition) is 3. The van der Waals surface area contributed by atoms with Crippen molar-refractivity contribution in [3.63, 3.8) is 0 Å². The predicted molar refractivity (Wildman–Crippen MR) is 60.7 cm³/mol. The van der Waals surface area contributed by atoms with Crippen molar-refractivity contribution in [2.45, 2.75) is 20.0 Å². The van der Waals surface area contributed by atoms with Gasteiger partial charge in [-0.2, -0.15) is 0 Å². The number of hydrogen-bond donors (Lipinski definition) is 1. The van der Waals surface area contributed by atoms with Crippen molar-refractivity contribution in [2.24, 2.45) is 0 Å². The maximum Gasteiger partial charge on any atom is 0.129 e. The third kappa shape index (κ3) is 2.36. The molecule has 1 N–H and O–H groups in total. The van der Waals surface area contributed by atoms with Gasteiger partial charge in [0.25, 0.3) is 0 Å². The van der Waals surface area contributed by atoms with Crippen molar-refractivity contribution in [2.75, 3.05) is 18.0 Å². The van der Waals surface area contributed by atoms with Crippen LogP contribution in [0, 0.1) is 0 Å². The van der Waals surface area contributed by atoms with Crippen LogP contribution in [-0.4, -0.2) is 23.2 Å². The minimum absolute atomic E-state index is 0.0105. The topological polar surface area (TPSA) is 36.4 Å². The first kappa shape index (κ1) is 10.2. The summed E-state index contributed by atoms with van der Waals surface area (Å²) in [5.41, 5.74) is 2.18. The Morgan fingerprint density at radius 3 is 3.00 bits per heavy atom. The molecule has 0 atom stereocenters. The third-order valence-corrected chi connectivity index (χ3v) is 2.71. The van der Waals surface area contributed by atoms with Gasteiger partial charge in [-0.3, -0.25) is 0 Å². The zero-order valence-electron chi connectivity index (χ0n) is 8.98. The van der Waals surface area contributed by atoms with Gasteiger partial charge in [-0.15, -0.1) is 0 Å². The van der Waals surface area contributed by atoms with E-state index in [0.717, 1.165) is 31.0 Å². The van der Waals surface area contributed by atoms with E-state index < -0.39 is 0 Å². The molecular weight excluding hydrogens is 188 g/mol. The summed E-state index contributed by atoms with van der Waals surface area (Å²) >= 11 is 0. The van der Waals surface area contributed by atoms with Gasteiger partial charge < -0.3 is 10.0 Å². The van der Waals surface area contributed by atoms with Crippen LogP contribution in [0.4, 0.5) is 5.82 Å². The van der Waals surface area contributed by atoms with Gasteiger partial charge in [0.2, 0.25) is 0 Å². The second-order valence-electron chi connectivity index (χ2n) is 3.89. The van der Waals surface area contributed by atoms with E-state index in [-0.39, 0.29) is 6.61 Å². The summed E-state index contributed by atoms with van der Waals surface area (Å²) < 4.78 is 0. The van der Waals surface area contributed by atoms with Crippen molar-refractivity contribution < 1.29 is 5.11 Å². The Morgan fingerprint density at radius 2 is 2.33 bits per heavy atom.